The molecule has 2 unspecified atom stereocenters. The molecule has 6 N–H and O–H groups in total. The van der Waals surface area contributed by atoms with Crippen molar-refractivity contribution in [3.63, 3.8) is 0 Å². The van der Waals surface area contributed by atoms with Crippen molar-refractivity contribution in [1.82, 2.24) is 10.6 Å². The minimum atomic E-state index is -2.76. The summed E-state index contributed by atoms with van der Waals surface area (Å²) in [5.41, 5.74) is 5.46. The lowest BCUT2D eigenvalue weighted by molar-refractivity contribution is -0.130. The van der Waals surface area contributed by atoms with Crippen molar-refractivity contribution >= 4 is 19.8 Å². The smallest absolute Gasteiger partial charge is 0.242 e. The van der Waals surface area contributed by atoms with Gasteiger partial charge in [-0.2, -0.15) is 0 Å². The first kappa shape index (κ1) is 27.1. The maximum Gasteiger partial charge on any atom is 0.242 e. The molecular weight excluding hydrogens is 405 g/mol. The van der Waals surface area contributed by atoms with Gasteiger partial charge in [0.15, 0.2) is 8.03 Å². The van der Waals surface area contributed by atoms with Crippen LogP contribution in [0.25, 0.3) is 0 Å². The highest BCUT2D eigenvalue weighted by Crippen LogP contribution is 2.40. The highest BCUT2D eigenvalue weighted by molar-refractivity contribution is 7.38. The van der Waals surface area contributed by atoms with Crippen LogP contribution in [0.2, 0.25) is 0 Å². The minimum absolute atomic E-state index is 0.0160. The summed E-state index contributed by atoms with van der Waals surface area (Å²) in [6.45, 7) is 7.58. The first-order valence-corrected chi connectivity index (χ1v) is 12.7. The third-order valence-corrected chi connectivity index (χ3v) is 7.28. The summed E-state index contributed by atoms with van der Waals surface area (Å²) >= 11 is 0. The van der Waals surface area contributed by atoms with Crippen LogP contribution in [0, 0.1) is 17.8 Å². The SMILES string of the molecule is CC(C)C[C@H](NC(=O)[C@@H](N)C(C)C)C(=O)NC[C@H](O)CC(C1CCCCC1)[PH](=O)O. The Morgan fingerprint density at radius 2 is 1.67 bits per heavy atom. The van der Waals surface area contributed by atoms with E-state index in [9.17, 15) is 24.2 Å². The first-order chi connectivity index (χ1) is 14.0. The molecule has 9 heteroatoms. The third kappa shape index (κ3) is 9.46. The molecule has 1 rings (SSSR count). The monoisotopic (exact) mass is 447 g/mol. The first-order valence-electron chi connectivity index (χ1n) is 11.3. The number of aliphatic hydroxyl groups is 1. The average molecular weight is 448 g/mol. The molecule has 5 atom stereocenters. The van der Waals surface area contributed by atoms with E-state index in [1.165, 1.54) is 0 Å². The zero-order chi connectivity index (χ0) is 22.8. The Bertz CT molecular complexity index is 567. The van der Waals surface area contributed by atoms with Crippen LogP contribution in [-0.4, -0.2) is 52.2 Å². The lowest BCUT2D eigenvalue weighted by Gasteiger charge is -2.30. The zero-order valence-electron chi connectivity index (χ0n) is 18.9. The number of hydrogen-bond acceptors (Lipinski definition) is 5. The molecule has 0 heterocycles. The van der Waals surface area contributed by atoms with E-state index >= 15 is 0 Å². The van der Waals surface area contributed by atoms with E-state index in [4.69, 9.17) is 5.73 Å². The number of nitrogens with two attached hydrogens (primary N) is 1. The Kier molecular flexibility index (Phi) is 12.2. The van der Waals surface area contributed by atoms with Crippen LogP contribution in [0.3, 0.4) is 0 Å². The van der Waals surface area contributed by atoms with Gasteiger partial charge >= 0.3 is 0 Å². The van der Waals surface area contributed by atoms with Crippen molar-refractivity contribution in [3.8, 4) is 0 Å². The molecule has 0 aliphatic heterocycles. The standard InChI is InChI=1S/C21H42N3O5P/c1-13(2)10-17(24-21(27)19(22)14(3)4)20(26)23-12-16(25)11-18(30(28)29)15-8-6-5-7-9-15/h13-19,25,30H,5-12,22H2,1-4H3,(H,23,26)(H,24,27)(H,28,29)/t16-,17+,18?,19+/m1/s1. The molecule has 0 radical (unpaired) electrons. The number of carbonyl (C=O) groups is 2. The number of aliphatic hydroxyl groups excluding tert-OH is 1. The van der Waals surface area contributed by atoms with Gasteiger partial charge in [0, 0.05) is 12.2 Å². The molecule has 30 heavy (non-hydrogen) atoms. The second kappa shape index (κ2) is 13.5. The molecule has 0 spiro atoms. The predicted molar refractivity (Wildman–Crippen MR) is 119 cm³/mol. The summed E-state index contributed by atoms with van der Waals surface area (Å²) in [6, 6.07) is -1.43. The van der Waals surface area contributed by atoms with E-state index in [0.29, 0.717) is 6.42 Å². The van der Waals surface area contributed by atoms with Gasteiger partial charge in [-0.15, -0.1) is 0 Å². The van der Waals surface area contributed by atoms with Crippen molar-refractivity contribution in [2.45, 2.75) is 96.5 Å². The quantitative estimate of drug-likeness (QED) is 0.289. The molecular formula is C21H42N3O5P. The van der Waals surface area contributed by atoms with Crippen molar-refractivity contribution in [2.24, 2.45) is 23.5 Å². The van der Waals surface area contributed by atoms with Gasteiger partial charge in [0.1, 0.15) is 6.04 Å². The Labute approximate surface area is 181 Å². The van der Waals surface area contributed by atoms with Gasteiger partial charge in [0.2, 0.25) is 11.8 Å². The van der Waals surface area contributed by atoms with Crippen LogP contribution in [0.4, 0.5) is 0 Å². The van der Waals surface area contributed by atoms with Crippen LogP contribution >= 0.6 is 8.03 Å². The highest BCUT2D eigenvalue weighted by Gasteiger charge is 2.30. The van der Waals surface area contributed by atoms with E-state index < -0.39 is 31.9 Å². The molecule has 176 valence electrons. The minimum Gasteiger partial charge on any atom is -0.391 e. The average Bonchev–Trinajstić information content (AvgIpc) is 2.68. The van der Waals surface area contributed by atoms with E-state index in [1.54, 1.807) is 0 Å². The van der Waals surface area contributed by atoms with Crippen LogP contribution in [-0.2, 0) is 14.2 Å². The van der Waals surface area contributed by atoms with Gasteiger partial charge in [-0.1, -0.05) is 47.0 Å². The number of carbonyl (C=O) groups excluding carboxylic acids is 2. The Balaban J connectivity index is 2.63. The highest BCUT2D eigenvalue weighted by atomic mass is 31.1. The number of nitrogens with one attached hydrogen (secondary N) is 2. The summed E-state index contributed by atoms with van der Waals surface area (Å²) in [6.07, 6.45) is 4.83. The van der Waals surface area contributed by atoms with Crippen molar-refractivity contribution in [1.29, 1.82) is 0 Å². The van der Waals surface area contributed by atoms with Crippen molar-refractivity contribution in [2.75, 3.05) is 6.54 Å². The van der Waals surface area contributed by atoms with Crippen LogP contribution in [0.1, 0.15) is 72.6 Å². The van der Waals surface area contributed by atoms with E-state index in [1.807, 2.05) is 27.7 Å². The molecule has 0 bridgehead atoms. The summed E-state index contributed by atoms with van der Waals surface area (Å²) in [5, 5.41) is 15.8. The summed E-state index contributed by atoms with van der Waals surface area (Å²) in [7, 11) is -2.76. The van der Waals surface area contributed by atoms with E-state index in [0.717, 1.165) is 32.1 Å². The fourth-order valence-electron chi connectivity index (χ4n) is 4.02. The molecule has 0 saturated heterocycles. The second-order valence-electron chi connectivity index (χ2n) is 9.44. The third-order valence-electron chi connectivity index (χ3n) is 5.94. The number of rotatable bonds is 12. The molecule has 1 aliphatic carbocycles. The van der Waals surface area contributed by atoms with Crippen LogP contribution < -0.4 is 16.4 Å². The topological polar surface area (TPSA) is 142 Å². The number of hydrogen-bond donors (Lipinski definition) is 5. The van der Waals surface area contributed by atoms with Gasteiger partial charge < -0.3 is 26.4 Å². The maximum absolute atomic E-state index is 12.6. The fraction of sp³-hybridized carbons (Fsp3) is 0.905. The van der Waals surface area contributed by atoms with Gasteiger partial charge in [0.05, 0.1) is 12.1 Å². The molecule has 0 aromatic carbocycles. The van der Waals surface area contributed by atoms with Gasteiger partial charge in [0.25, 0.3) is 0 Å². The Morgan fingerprint density at radius 1 is 1.07 bits per heavy atom. The number of amides is 2. The molecule has 2 amide bonds. The lowest BCUT2D eigenvalue weighted by Crippen LogP contribution is -2.54. The molecule has 0 aromatic rings. The molecule has 0 aromatic heterocycles. The largest absolute Gasteiger partial charge is 0.391 e. The van der Waals surface area contributed by atoms with Gasteiger partial charge in [-0.05, 0) is 43.4 Å². The molecule has 1 aliphatic rings. The second-order valence-corrected chi connectivity index (χ2v) is 10.9. The van der Waals surface area contributed by atoms with Gasteiger partial charge in [-0.25, -0.2) is 0 Å². The lowest BCUT2D eigenvalue weighted by atomic mass is 9.85. The molecule has 1 fully saturated rings. The van der Waals surface area contributed by atoms with Crippen LogP contribution in [0.15, 0.2) is 0 Å². The van der Waals surface area contributed by atoms with Crippen molar-refractivity contribution < 1.29 is 24.2 Å². The Hall–Kier alpha value is -0.950. The molecule has 8 nitrogen and oxygen atoms in total. The van der Waals surface area contributed by atoms with Crippen molar-refractivity contribution in [3.05, 3.63) is 0 Å². The zero-order valence-corrected chi connectivity index (χ0v) is 19.9. The summed E-state index contributed by atoms with van der Waals surface area (Å²) in [4.78, 5) is 34.7. The van der Waals surface area contributed by atoms with E-state index in [2.05, 4.69) is 10.6 Å². The normalized spacial score (nSPS) is 20.4. The predicted octanol–water partition coefficient (Wildman–Crippen LogP) is 1.78. The van der Waals surface area contributed by atoms with Gasteiger partial charge in [-0.3, -0.25) is 14.2 Å². The van der Waals surface area contributed by atoms with Crippen LogP contribution in [0.5, 0.6) is 0 Å². The summed E-state index contributed by atoms with van der Waals surface area (Å²) in [5.74, 6) is -0.462. The molecule has 1 saturated carbocycles. The fourth-order valence-corrected chi connectivity index (χ4v) is 5.23. The van der Waals surface area contributed by atoms with E-state index in [-0.39, 0.29) is 42.5 Å². The summed E-state index contributed by atoms with van der Waals surface area (Å²) < 4.78 is 11.9. The Morgan fingerprint density at radius 3 is 2.17 bits per heavy atom. The maximum atomic E-state index is 12.6.